The fourth-order valence-corrected chi connectivity index (χ4v) is 11.7. The molecule has 5 fully saturated rings. The summed E-state index contributed by atoms with van der Waals surface area (Å²) in [5.74, 6) is 0.543. The summed E-state index contributed by atoms with van der Waals surface area (Å²) in [4.78, 5) is 91.7. The fraction of sp³-hybridized carbons (Fsp3) is 0.551. The molecule has 0 radical (unpaired) electrons. The van der Waals surface area contributed by atoms with E-state index in [1.54, 1.807) is 22.6 Å². The van der Waals surface area contributed by atoms with Gasteiger partial charge in [-0.25, -0.2) is 9.97 Å². The van der Waals surface area contributed by atoms with Gasteiger partial charge in [0.25, 0.3) is 11.5 Å². The van der Waals surface area contributed by atoms with Crippen LogP contribution in [0.3, 0.4) is 0 Å². The summed E-state index contributed by atoms with van der Waals surface area (Å²) < 4.78 is 1.73. The third kappa shape index (κ3) is 10.9. The number of Topliss-reactive ketones (excluding diaryl/α,β-unsaturated/α-hetero) is 1. The number of benzene rings is 1. The van der Waals surface area contributed by atoms with Gasteiger partial charge in [-0.3, -0.25) is 43.7 Å². The van der Waals surface area contributed by atoms with Gasteiger partial charge in [-0.2, -0.15) is 4.98 Å². The number of carbonyl (C=O) groups excluding carboxylic acids is 4. The molecule has 5 aliphatic heterocycles. The summed E-state index contributed by atoms with van der Waals surface area (Å²) in [6.07, 6.45) is 10.5. The van der Waals surface area contributed by atoms with Gasteiger partial charge in [-0.15, -0.1) is 37.2 Å². The highest BCUT2D eigenvalue weighted by molar-refractivity contribution is 6.35. The van der Waals surface area contributed by atoms with Crippen molar-refractivity contribution in [3.63, 3.8) is 0 Å². The Balaban J connectivity index is 0.00000241. The third-order valence-corrected chi connectivity index (χ3v) is 15.7. The number of imide groups is 1. The summed E-state index contributed by atoms with van der Waals surface area (Å²) in [6, 6.07) is 7.20. The number of aromatic nitrogens is 4. The number of fused-ring (bicyclic) bond motifs is 2. The van der Waals surface area contributed by atoms with Crippen LogP contribution in [0, 0.1) is 12.8 Å². The summed E-state index contributed by atoms with van der Waals surface area (Å²) in [6.45, 7) is 16.7. The van der Waals surface area contributed by atoms with Crippen molar-refractivity contribution in [2.75, 3.05) is 100 Å². The predicted molar refractivity (Wildman–Crippen MR) is 279 cm³/mol. The van der Waals surface area contributed by atoms with Gasteiger partial charge >= 0.3 is 0 Å². The summed E-state index contributed by atoms with van der Waals surface area (Å²) >= 11 is 6.98. The van der Waals surface area contributed by atoms with Gasteiger partial charge in [0.05, 0.1) is 28.2 Å². The van der Waals surface area contributed by atoms with E-state index >= 15 is 0 Å². The van der Waals surface area contributed by atoms with Gasteiger partial charge in [0.15, 0.2) is 5.78 Å². The highest BCUT2D eigenvalue weighted by atomic mass is 35.5. The van der Waals surface area contributed by atoms with Gasteiger partial charge in [-0.1, -0.05) is 24.4 Å². The average molecular weight is 1040 g/mol. The van der Waals surface area contributed by atoms with E-state index in [9.17, 15) is 24.0 Å². The molecule has 4 saturated heterocycles. The number of piperazine rings is 2. The van der Waals surface area contributed by atoms with Gasteiger partial charge < -0.3 is 24.9 Å². The Hall–Kier alpha value is -4.62. The number of carbonyl (C=O) groups is 4. The molecule has 1 aliphatic carbocycles. The highest BCUT2D eigenvalue weighted by Gasteiger charge is 2.41. The average Bonchev–Trinajstić information content (AvgIpc) is 3.98. The molecule has 21 heteroatoms. The number of nitrogens with zero attached hydrogens (tertiary/aromatic N) is 10. The first kappa shape index (κ1) is 53.2. The van der Waals surface area contributed by atoms with Crippen molar-refractivity contribution in [1.29, 1.82) is 0 Å². The minimum Gasteiger partial charge on any atom is -0.368 e. The second-order valence-electron chi connectivity index (χ2n) is 19.4. The molecule has 70 heavy (non-hydrogen) atoms. The second-order valence-corrected chi connectivity index (χ2v) is 19.7. The second kappa shape index (κ2) is 22.9. The van der Waals surface area contributed by atoms with Crippen molar-refractivity contribution >= 4 is 107 Å². The minimum atomic E-state index is -0.654. The van der Waals surface area contributed by atoms with Gasteiger partial charge in [-0.05, 0) is 94.8 Å². The minimum absolute atomic E-state index is 0. The molecule has 17 nitrogen and oxygen atoms in total. The molecule has 10 rings (SSSR count). The quantitative estimate of drug-likeness (QED) is 0.127. The molecule has 8 heterocycles. The Labute approximate surface area is 432 Å². The molecule has 0 spiro atoms. The van der Waals surface area contributed by atoms with Crippen LogP contribution in [0.15, 0.2) is 41.5 Å². The Morgan fingerprint density at radius 3 is 2.11 bits per heavy atom. The summed E-state index contributed by atoms with van der Waals surface area (Å²) in [5.41, 5.74) is 4.49. The molecule has 6 aliphatic rings. The monoisotopic (exact) mass is 1040 g/mol. The molecule has 1 unspecified atom stereocenters. The van der Waals surface area contributed by atoms with Crippen molar-refractivity contribution in [1.82, 2.24) is 44.4 Å². The SMILES string of the molecule is CC(=O)c1c(C)c2cnc(Nc3ccc(N4CCN(CCN5CCC(CN6CCN(c7ccc8c(c7Cl)CN(C7CCC(=O)NC7=O)C8=O)CC6)CC5)CC4)cn3)nc2n(C2CCCC2)c1=O.Cl.Cl.Cl. The third-order valence-electron chi connectivity index (χ3n) is 15.3. The van der Waals surface area contributed by atoms with Gasteiger partial charge in [0, 0.05) is 114 Å². The number of piperidine rings is 2. The van der Waals surface area contributed by atoms with Crippen molar-refractivity contribution in [2.24, 2.45) is 5.92 Å². The number of hydrogen-bond donors (Lipinski definition) is 2. The smallest absolute Gasteiger partial charge is 0.263 e. The van der Waals surface area contributed by atoms with E-state index in [4.69, 9.17) is 21.6 Å². The number of halogens is 4. The maximum Gasteiger partial charge on any atom is 0.263 e. The van der Waals surface area contributed by atoms with E-state index in [-0.39, 0.29) is 84.9 Å². The summed E-state index contributed by atoms with van der Waals surface area (Å²) in [7, 11) is 0. The molecule has 1 saturated carbocycles. The molecule has 0 bridgehead atoms. The van der Waals surface area contributed by atoms with Crippen LogP contribution in [0.5, 0.6) is 0 Å². The molecule has 3 aromatic heterocycles. The molecule has 378 valence electrons. The Bertz CT molecular complexity index is 2630. The Morgan fingerprint density at radius 2 is 1.46 bits per heavy atom. The molecular formula is C49H64Cl4N12O5. The van der Waals surface area contributed by atoms with E-state index in [1.807, 2.05) is 24.4 Å². The molecule has 1 atom stereocenters. The Kier molecular flexibility index (Phi) is 17.4. The predicted octanol–water partition coefficient (Wildman–Crippen LogP) is 5.89. The number of amides is 3. The lowest BCUT2D eigenvalue weighted by Gasteiger charge is -2.40. The van der Waals surface area contributed by atoms with Crippen LogP contribution in [0.1, 0.15) is 96.2 Å². The van der Waals surface area contributed by atoms with Crippen LogP contribution in [0.4, 0.5) is 23.1 Å². The van der Waals surface area contributed by atoms with Crippen LogP contribution in [0.2, 0.25) is 5.02 Å². The van der Waals surface area contributed by atoms with Gasteiger partial charge in [0.1, 0.15) is 17.5 Å². The topological polar surface area (TPSA) is 172 Å². The van der Waals surface area contributed by atoms with Crippen molar-refractivity contribution in [2.45, 2.75) is 83.8 Å². The zero-order valence-corrected chi connectivity index (χ0v) is 43.1. The number of anilines is 4. The first-order valence-corrected chi connectivity index (χ1v) is 24.7. The number of rotatable bonds is 12. The van der Waals surface area contributed by atoms with E-state index in [2.05, 4.69) is 46.2 Å². The first-order chi connectivity index (χ1) is 32.5. The largest absolute Gasteiger partial charge is 0.368 e. The lowest BCUT2D eigenvalue weighted by molar-refractivity contribution is -0.136. The molecule has 1 aromatic carbocycles. The van der Waals surface area contributed by atoms with Crippen molar-refractivity contribution in [3.8, 4) is 0 Å². The molecular weight excluding hydrogens is 978 g/mol. The number of hydrogen-bond acceptors (Lipinski definition) is 14. The Morgan fingerprint density at radius 1 is 0.786 bits per heavy atom. The number of pyridine rings is 2. The number of ketones is 1. The zero-order chi connectivity index (χ0) is 46.3. The first-order valence-electron chi connectivity index (χ1n) is 24.3. The van der Waals surface area contributed by atoms with E-state index in [0.717, 1.165) is 133 Å². The van der Waals surface area contributed by atoms with Crippen LogP contribution in [0.25, 0.3) is 11.0 Å². The van der Waals surface area contributed by atoms with Crippen molar-refractivity contribution in [3.05, 3.63) is 74.3 Å². The van der Waals surface area contributed by atoms with Gasteiger partial charge in [0.2, 0.25) is 17.8 Å². The molecule has 4 aromatic rings. The number of aryl methyl sites for hydroxylation is 1. The lowest BCUT2D eigenvalue weighted by atomic mass is 9.96. The number of likely N-dealkylation sites (tertiary alicyclic amines) is 1. The van der Waals surface area contributed by atoms with E-state index < -0.39 is 11.9 Å². The maximum atomic E-state index is 13.6. The molecule has 3 amide bonds. The van der Waals surface area contributed by atoms with Crippen LogP contribution in [-0.4, -0.2) is 154 Å². The number of nitrogens with one attached hydrogen (secondary N) is 2. The lowest BCUT2D eigenvalue weighted by Crippen LogP contribution is -2.52. The zero-order valence-electron chi connectivity index (χ0n) is 39.9. The summed E-state index contributed by atoms with van der Waals surface area (Å²) in [5, 5.41) is 6.93. The maximum absolute atomic E-state index is 13.6. The highest BCUT2D eigenvalue weighted by Crippen LogP contribution is 2.39. The van der Waals surface area contributed by atoms with E-state index in [1.165, 1.54) is 19.8 Å². The van der Waals surface area contributed by atoms with Crippen LogP contribution in [-0.2, 0) is 16.1 Å². The molecule has 2 N–H and O–H groups in total. The normalized spacial score (nSPS) is 20.8. The van der Waals surface area contributed by atoms with Crippen molar-refractivity contribution < 1.29 is 19.2 Å². The van der Waals surface area contributed by atoms with Crippen LogP contribution < -0.4 is 26.0 Å². The fourth-order valence-electron chi connectivity index (χ4n) is 11.3. The van der Waals surface area contributed by atoms with Crippen LogP contribution >= 0.6 is 48.8 Å². The standard InChI is InChI=1S/C49H61ClN12O5.3ClH/c1-31-37-28-52-49(55-45(37)62(34-5-3-4-6-34)48(67)43(31)32(2)63)53-41-11-7-35(27-51-41)59-23-19-57(20-24-59)18-17-56-15-13-33(14-16-56)29-58-21-25-60(26-22-58)39-9-8-36-38(44(39)50)30-61(47(36)66)40-10-12-42(64)54-46(40)65;;;/h7-9,11,27-28,33-34,40H,3-6,10,12-26,29-30H2,1-2H3,(H,54,64,65)(H,51,52,53,55);3*1H. The van der Waals surface area contributed by atoms with E-state index in [0.29, 0.717) is 45.9 Å².